The zero-order valence-electron chi connectivity index (χ0n) is 7.98. The van der Waals surface area contributed by atoms with E-state index in [2.05, 4.69) is 9.88 Å². The third kappa shape index (κ3) is 2.43. The SMILES string of the molecule is Cn1ccnc1N(CCN)CCN. The second kappa shape index (κ2) is 4.84. The Hall–Kier alpha value is -1.07. The van der Waals surface area contributed by atoms with Crippen LogP contribution in [0.3, 0.4) is 0 Å². The number of nitrogens with zero attached hydrogens (tertiary/aromatic N) is 3. The van der Waals surface area contributed by atoms with Crippen LogP contribution in [0.5, 0.6) is 0 Å². The number of aryl methyl sites for hydroxylation is 1. The number of anilines is 1. The zero-order valence-corrected chi connectivity index (χ0v) is 7.98. The second-order valence-corrected chi connectivity index (χ2v) is 2.90. The molecule has 0 aliphatic carbocycles. The molecule has 0 amide bonds. The molecule has 1 rings (SSSR count). The molecule has 0 unspecified atom stereocenters. The first-order valence-corrected chi connectivity index (χ1v) is 4.42. The largest absolute Gasteiger partial charge is 0.340 e. The first-order valence-electron chi connectivity index (χ1n) is 4.42. The second-order valence-electron chi connectivity index (χ2n) is 2.90. The van der Waals surface area contributed by atoms with Gasteiger partial charge in [-0.1, -0.05) is 0 Å². The van der Waals surface area contributed by atoms with Crippen molar-refractivity contribution in [3.63, 3.8) is 0 Å². The predicted octanol–water partition coefficient (Wildman–Crippen LogP) is -0.856. The van der Waals surface area contributed by atoms with E-state index >= 15 is 0 Å². The first-order chi connectivity index (χ1) is 6.29. The Balaban J connectivity index is 2.69. The maximum absolute atomic E-state index is 5.50. The van der Waals surface area contributed by atoms with Crippen LogP contribution in [-0.4, -0.2) is 35.7 Å². The highest BCUT2D eigenvalue weighted by Gasteiger charge is 2.08. The monoisotopic (exact) mass is 183 g/mol. The molecule has 5 nitrogen and oxygen atoms in total. The van der Waals surface area contributed by atoms with Crippen LogP contribution >= 0.6 is 0 Å². The van der Waals surface area contributed by atoms with Gasteiger partial charge in [-0.25, -0.2) is 4.98 Å². The number of aromatic nitrogens is 2. The van der Waals surface area contributed by atoms with E-state index in [1.165, 1.54) is 0 Å². The van der Waals surface area contributed by atoms with E-state index in [1.807, 2.05) is 17.8 Å². The maximum atomic E-state index is 5.50. The van der Waals surface area contributed by atoms with Crippen LogP contribution in [-0.2, 0) is 7.05 Å². The minimum atomic E-state index is 0.618. The number of imidazole rings is 1. The molecular formula is C8H17N5. The molecule has 1 heterocycles. The average molecular weight is 183 g/mol. The summed E-state index contributed by atoms with van der Waals surface area (Å²) in [5.41, 5.74) is 11.0. The molecule has 0 aliphatic heterocycles. The number of nitrogens with two attached hydrogens (primary N) is 2. The van der Waals surface area contributed by atoms with Crippen molar-refractivity contribution in [1.29, 1.82) is 0 Å². The molecule has 5 heteroatoms. The van der Waals surface area contributed by atoms with E-state index in [0.29, 0.717) is 13.1 Å². The third-order valence-electron chi connectivity index (χ3n) is 1.88. The van der Waals surface area contributed by atoms with Gasteiger partial charge in [0.15, 0.2) is 0 Å². The van der Waals surface area contributed by atoms with E-state index in [1.54, 1.807) is 6.20 Å². The lowest BCUT2D eigenvalue weighted by molar-refractivity contribution is 0.728. The van der Waals surface area contributed by atoms with Crippen LogP contribution in [0, 0.1) is 0 Å². The van der Waals surface area contributed by atoms with Gasteiger partial charge in [-0.15, -0.1) is 0 Å². The van der Waals surface area contributed by atoms with E-state index < -0.39 is 0 Å². The van der Waals surface area contributed by atoms with Crippen molar-refractivity contribution in [3.05, 3.63) is 12.4 Å². The van der Waals surface area contributed by atoms with Gasteiger partial charge in [-0.3, -0.25) is 0 Å². The summed E-state index contributed by atoms with van der Waals surface area (Å²) < 4.78 is 1.96. The fourth-order valence-electron chi connectivity index (χ4n) is 1.29. The molecule has 1 aromatic rings. The van der Waals surface area contributed by atoms with Crippen molar-refractivity contribution in [2.24, 2.45) is 18.5 Å². The van der Waals surface area contributed by atoms with Gasteiger partial charge in [0, 0.05) is 45.6 Å². The molecule has 1 aromatic heterocycles. The van der Waals surface area contributed by atoms with Crippen LogP contribution in [0.25, 0.3) is 0 Å². The van der Waals surface area contributed by atoms with Crippen LogP contribution in [0.4, 0.5) is 5.95 Å². The summed E-state index contributed by atoms with van der Waals surface area (Å²) in [6, 6.07) is 0. The van der Waals surface area contributed by atoms with Gasteiger partial charge in [0.1, 0.15) is 0 Å². The molecule has 0 fully saturated rings. The van der Waals surface area contributed by atoms with Crippen LogP contribution in [0.1, 0.15) is 0 Å². The fraction of sp³-hybridized carbons (Fsp3) is 0.625. The normalized spacial score (nSPS) is 10.4. The predicted molar refractivity (Wildman–Crippen MR) is 53.5 cm³/mol. The topological polar surface area (TPSA) is 73.1 Å². The standard InChI is InChI=1S/C8H17N5/c1-12-7-4-11-8(12)13(5-2-9)6-3-10/h4,7H,2-3,5-6,9-10H2,1H3. The average Bonchev–Trinajstić information content (AvgIpc) is 2.51. The lowest BCUT2D eigenvalue weighted by Gasteiger charge is -2.21. The molecule has 0 aliphatic rings. The molecule has 0 aromatic carbocycles. The van der Waals surface area contributed by atoms with Crippen molar-refractivity contribution in [3.8, 4) is 0 Å². The van der Waals surface area contributed by atoms with Gasteiger partial charge in [0.25, 0.3) is 0 Å². The molecule has 13 heavy (non-hydrogen) atoms. The highest BCUT2D eigenvalue weighted by Crippen LogP contribution is 2.07. The summed E-state index contributed by atoms with van der Waals surface area (Å²) in [7, 11) is 1.96. The molecule has 0 radical (unpaired) electrons. The molecule has 4 N–H and O–H groups in total. The Kier molecular flexibility index (Phi) is 3.72. The minimum Gasteiger partial charge on any atom is -0.340 e. The molecule has 0 bridgehead atoms. The van der Waals surface area contributed by atoms with Gasteiger partial charge < -0.3 is 20.9 Å². The molecule has 0 atom stereocenters. The summed E-state index contributed by atoms with van der Waals surface area (Å²) in [6.45, 7) is 2.82. The van der Waals surface area contributed by atoms with Crippen molar-refractivity contribution < 1.29 is 0 Å². The number of rotatable bonds is 5. The summed E-state index contributed by atoms with van der Waals surface area (Å²) in [4.78, 5) is 6.31. The van der Waals surface area contributed by atoms with Crippen LogP contribution in [0.15, 0.2) is 12.4 Å². The fourth-order valence-corrected chi connectivity index (χ4v) is 1.29. The van der Waals surface area contributed by atoms with Crippen molar-refractivity contribution in [1.82, 2.24) is 9.55 Å². The van der Waals surface area contributed by atoms with E-state index in [-0.39, 0.29) is 0 Å². The molecule has 74 valence electrons. The molecule has 0 saturated heterocycles. The highest BCUT2D eigenvalue weighted by molar-refractivity contribution is 5.30. The highest BCUT2D eigenvalue weighted by atomic mass is 15.3. The Bertz CT molecular complexity index is 238. The smallest absolute Gasteiger partial charge is 0.205 e. The lowest BCUT2D eigenvalue weighted by atomic mass is 10.5. The lowest BCUT2D eigenvalue weighted by Crippen LogP contribution is -2.35. The third-order valence-corrected chi connectivity index (χ3v) is 1.88. The summed E-state index contributed by atoms with van der Waals surface area (Å²) in [6.07, 6.45) is 3.69. The Labute approximate surface area is 78.3 Å². The molecule has 0 spiro atoms. The molecule has 0 saturated carbocycles. The summed E-state index contributed by atoms with van der Waals surface area (Å²) in [5, 5.41) is 0. The Morgan fingerprint density at radius 3 is 2.38 bits per heavy atom. The minimum absolute atomic E-state index is 0.618. The zero-order chi connectivity index (χ0) is 9.68. The summed E-state index contributed by atoms with van der Waals surface area (Å²) in [5.74, 6) is 0.927. The Morgan fingerprint density at radius 2 is 2.00 bits per heavy atom. The molecular weight excluding hydrogens is 166 g/mol. The van der Waals surface area contributed by atoms with Crippen LogP contribution in [0.2, 0.25) is 0 Å². The van der Waals surface area contributed by atoms with Gasteiger partial charge in [-0.05, 0) is 0 Å². The van der Waals surface area contributed by atoms with E-state index in [4.69, 9.17) is 11.5 Å². The first kappa shape index (κ1) is 10.0. The van der Waals surface area contributed by atoms with Gasteiger partial charge >= 0.3 is 0 Å². The van der Waals surface area contributed by atoms with Gasteiger partial charge in [-0.2, -0.15) is 0 Å². The maximum Gasteiger partial charge on any atom is 0.205 e. The van der Waals surface area contributed by atoms with E-state index in [9.17, 15) is 0 Å². The number of hydrogen-bond acceptors (Lipinski definition) is 4. The number of hydrogen-bond donors (Lipinski definition) is 2. The quantitative estimate of drug-likeness (QED) is 0.623. The van der Waals surface area contributed by atoms with Crippen LogP contribution < -0.4 is 16.4 Å². The van der Waals surface area contributed by atoms with Gasteiger partial charge in [0.05, 0.1) is 0 Å². The summed E-state index contributed by atoms with van der Waals surface area (Å²) >= 11 is 0. The van der Waals surface area contributed by atoms with Gasteiger partial charge in [0.2, 0.25) is 5.95 Å². The van der Waals surface area contributed by atoms with Crippen molar-refractivity contribution in [2.75, 3.05) is 31.1 Å². The van der Waals surface area contributed by atoms with Crippen molar-refractivity contribution in [2.45, 2.75) is 0 Å². The van der Waals surface area contributed by atoms with Crippen molar-refractivity contribution >= 4 is 5.95 Å². The Morgan fingerprint density at radius 1 is 1.38 bits per heavy atom. The van der Waals surface area contributed by atoms with E-state index in [0.717, 1.165) is 19.0 Å².